The van der Waals surface area contributed by atoms with Crippen molar-refractivity contribution < 1.29 is 9.90 Å². The van der Waals surface area contributed by atoms with Crippen molar-refractivity contribution in [1.29, 1.82) is 0 Å². The number of carboxylic acid groups (broad SMARTS) is 1. The second kappa shape index (κ2) is 5.41. The Balaban J connectivity index is 3.63. The van der Waals surface area contributed by atoms with E-state index in [1.54, 1.807) is 0 Å². The lowest BCUT2D eigenvalue weighted by atomic mass is 9.98. The predicted octanol–water partition coefficient (Wildman–Crippen LogP) is 3.04. The van der Waals surface area contributed by atoms with Gasteiger partial charge in [-0.15, -0.1) is 11.6 Å². The predicted molar refractivity (Wildman–Crippen MR) is 50.7 cm³/mol. The summed E-state index contributed by atoms with van der Waals surface area (Å²) < 4.78 is 0. The Morgan fingerprint density at radius 1 is 1.50 bits per heavy atom. The van der Waals surface area contributed by atoms with E-state index >= 15 is 0 Å². The number of aliphatic carboxylic acids is 1. The van der Waals surface area contributed by atoms with E-state index in [9.17, 15) is 4.79 Å². The fourth-order valence-corrected chi connectivity index (χ4v) is 1.27. The molecule has 0 heterocycles. The number of carboxylic acids is 1. The minimum absolute atomic E-state index is 0.170. The smallest absolute Gasteiger partial charge is 0.303 e. The lowest BCUT2D eigenvalue weighted by Crippen LogP contribution is -2.17. The number of halogens is 1. The Labute approximate surface area is 78.9 Å². The third-order valence-electron chi connectivity index (χ3n) is 1.91. The van der Waals surface area contributed by atoms with E-state index in [1.165, 1.54) is 0 Å². The fourth-order valence-electron chi connectivity index (χ4n) is 1.04. The van der Waals surface area contributed by atoms with E-state index in [0.29, 0.717) is 6.42 Å². The molecule has 3 heteroatoms. The zero-order chi connectivity index (χ0) is 9.61. The summed E-state index contributed by atoms with van der Waals surface area (Å²) in [6.45, 7) is 4.01. The van der Waals surface area contributed by atoms with Gasteiger partial charge in [0.2, 0.25) is 0 Å². The highest BCUT2D eigenvalue weighted by molar-refractivity contribution is 6.23. The number of unbranched alkanes of at least 4 members (excludes halogenated alkanes) is 1. The molecule has 0 aromatic rings. The first-order valence-electron chi connectivity index (χ1n) is 4.38. The average Bonchev–Trinajstić information content (AvgIpc) is 1.98. The largest absolute Gasteiger partial charge is 0.481 e. The van der Waals surface area contributed by atoms with Crippen LogP contribution in [0.15, 0.2) is 0 Å². The van der Waals surface area contributed by atoms with Gasteiger partial charge in [0, 0.05) is 11.3 Å². The van der Waals surface area contributed by atoms with Crippen LogP contribution in [0.2, 0.25) is 0 Å². The van der Waals surface area contributed by atoms with E-state index in [4.69, 9.17) is 16.7 Å². The Morgan fingerprint density at radius 3 is 2.50 bits per heavy atom. The number of alkyl halides is 1. The minimum atomic E-state index is -0.765. The minimum Gasteiger partial charge on any atom is -0.481 e. The Morgan fingerprint density at radius 2 is 2.08 bits per heavy atom. The molecule has 1 atom stereocenters. The fraction of sp³-hybridized carbons (Fsp3) is 0.889. The maximum absolute atomic E-state index is 10.3. The lowest BCUT2D eigenvalue weighted by Gasteiger charge is -2.20. The van der Waals surface area contributed by atoms with E-state index in [0.717, 1.165) is 19.3 Å². The summed E-state index contributed by atoms with van der Waals surface area (Å²) in [6, 6.07) is 0. The summed E-state index contributed by atoms with van der Waals surface area (Å²) in [5.41, 5.74) is 0. The van der Waals surface area contributed by atoms with Crippen LogP contribution in [-0.2, 0) is 4.79 Å². The molecule has 1 unspecified atom stereocenters. The number of rotatable bonds is 6. The third kappa shape index (κ3) is 6.47. The summed E-state index contributed by atoms with van der Waals surface area (Å²) in [5.74, 6) is -0.765. The van der Waals surface area contributed by atoms with Gasteiger partial charge < -0.3 is 5.11 Å². The molecule has 2 nitrogen and oxygen atoms in total. The second-order valence-corrected chi connectivity index (χ2v) is 4.32. The maximum atomic E-state index is 10.3. The van der Waals surface area contributed by atoms with Gasteiger partial charge in [0.1, 0.15) is 0 Å². The second-order valence-electron chi connectivity index (χ2n) is 3.41. The summed E-state index contributed by atoms with van der Waals surface area (Å²) in [7, 11) is 0. The zero-order valence-corrected chi connectivity index (χ0v) is 8.52. The van der Waals surface area contributed by atoms with Crippen LogP contribution in [0.5, 0.6) is 0 Å². The van der Waals surface area contributed by atoms with E-state index in [2.05, 4.69) is 6.92 Å². The van der Waals surface area contributed by atoms with Crippen molar-refractivity contribution in [3.63, 3.8) is 0 Å². The molecular formula is C9H17ClO2. The molecule has 0 bridgehead atoms. The molecule has 0 aromatic heterocycles. The van der Waals surface area contributed by atoms with Crippen molar-refractivity contribution in [1.82, 2.24) is 0 Å². The van der Waals surface area contributed by atoms with Gasteiger partial charge in [-0.3, -0.25) is 4.79 Å². The highest BCUT2D eigenvalue weighted by atomic mass is 35.5. The monoisotopic (exact) mass is 192 g/mol. The molecule has 0 radical (unpaired) electrons. The normalized spacial score (nSPS) is 15.6. The Bertz CT molecular complexity index is 143. The van der Waals surface area contributed by atoms with Crippen molar-refractivity contribution in [2.75, 3.05) is 0 Å². The summed E-state index contributed by atoms with van der Waals surface area (Å²) in [4.78, 5) is 9.94. The highest BCUT2D eigenvalue weighted by Gasteiger charge is 2.20. The number of hydrogen-bond acceptors (Lipinski definition) is 1. The highest BCUT2D eigenvalue weighted by Crippen LogP contribution is 2.27. The van der Waals surface area contributed by atoms with Crippen LogP contribution in [-0.4, -0.2) is 16.0 Å². The lowest BCUT2D eigenvalue weighted by molar-refractivity contribution is -0.137. The quantitative estimate of drug-likeness (QED) is 0.657. The first-order valence-corrected chi connectivity index (χ1v) is 4.76. The molecule has 0 aromatic carbocycles. The van der Waals surface area contributed by atoms with Crippen molar-refractivity contribution in [2.24, 2.45) is 0 Å². The Hall–Kier alpha value is -0.240. The number of hydrogen-bond donors (Lipinski definition) is 1. The zero-order valence-electron chi connectivity index (χ0n) is 7.77. The molecule has 0 aliphatic carbocycles. The third-order valence-corrected chi connectivity index (χ3v) is 2.29. The molecular weight excluding hydrogens is 176 g/mol. The van der Waals surface area contributed by atoms with Crippen LogP contribution < -0.4 is 0 Å². The molecule has 0 fully saturated rings. The summed E-state index contributed by atoms with van der Waals surface area (Å²) in [5, 5.41) is 8.44. The summed E-state index contributed by atoms with van der Waals surface area (Å²) in [6.07, 6.45) is 3.81. The van der Waals surface area contributed by atoms with Gasteiger partial charge in [-0.1, -0.05) is 19.8 Å². The van der Waals surface area contributed by atoms with Crippen LogP contribution in [0, 0.1) is 0 Å². The molecule has 0 rings (SSSR count). The molecule has 0 amide bonds. The van der Waals surface area contributed by atoms with Gasteiger partial charge in [0.15, 0.2) is 0 Å². The average molecular weight is 193 g/mol. The van der Waals surface area contributed by atoms with Gasteiger partial charge in [-0.05, 0) is 19.8 Å². The van der Waals surface area contributed by atoms with E-state index in [-0.39, 0.29) is 11.3 Å². The summed E-state index contributed by atoms with van der Waals surface area (Å²) >= 11 is 6.10. The van der Waals surface area contributed by atoms with Crippen molar-refractivity contribution in [3.05, 3.63) is 0 Å². The van der Waals surface area contributed by atoms with Crippen LogP contribution in [0.1, 0.15) is 46.0 Å². The van der Waals surface area contributed by atoms with E-state index < -0.39 is 5.97 Å². The van der Waals surface area contributed by atoms with Crippen LogP contribution in [0.25, 0.3) is 0 Å². The van der Waals surface area contributed by atoms with Crippen LogP contribution >= 0.6 is 11.6 Å². The molecule has 72 valence electrons. The molecule has 0 saturated carbocycles. The van der Waals surface area contributed by atoms with Gasteiger partial charge in [-0.2, -0.15) is 0 Å². The SMILES string of the molecule is CCCCC(C)(Cl)CCC(=O)O. The molecule has 12 heavy (non-hydrogen) atoms. The van der Waals surface area contributed by atoms with Crippen molar-refractivity contribution >= 4 is 17.6 Å². The van der Waals surface area contributed by atoms with Crippen LogP contribution in [0.4, 0.5) is 0 Å². The number of carbonyl (C=O) groups is 1. The van der Waals surface area contributed by atoms with Crippen LogP contribution in [0.3, 0.4) is 0 Å². The molecule has 0 aliphatic heterocycles. The van der Waals surface area contributed by atoms with E-state index in [1.807, 2.05) is 6.92 Å². The standard InChI is InChI=1S/C9H17ClO2/c1-3-4-6-9(2,10)7-5-8(11)12/h3-7H2,1-2H3,(H,11,12). The van der Waals surface area contributed by atoms with Crippen molar-refractivity contribution in [3.8, 4) is 0 Å². The van der Waals surface area contributed by atoms with Gasteiger partial charge in [-0.25, -0.2) is 0 Å². The van der Waals surface area contributed by atoms with Gasteiger partial charge >= 0.3 is 5.97 Å². The molecule has 0 aliphatic rings. The Kier molecular flexibility index (Phi) is 5.31. The molecule has 0 saturated heterocycles. The topological polar surface area (TPSA) is 37.3 Å². The first-order chi connectivity index (χ1) is 5.48. The maximum Gasteiger partial charge on any atom is 0.303 e. The van der Waals surface area contributed by atoms with Crippen molar-refractivity contribution in [2.45, 2.75) is 50.8 Å². The molecule has 1 N–H and O–H groups in total. The molecule has 0 spiro atoms. The van der Waals surface area contributed by atoms with Gasteiger partial charge in [0.05, 0.1) is 0 Å². The van der Waals surface area contributed by atoms with Gasteiger partial charge in [0.25, 0.3) is 0 Å². The first kappa shape index (κ1) is 11.8.